The molecule has 0 radical (unpaired) electrons. The quantitative estimate of drug-likeness (QED) is 0.760. The van der Waals surface area contributed by atoms with Crippen molar-refractivity contribution < 1.29 is 9.90 Å². The van der Waals surface area contributed by atoms with Gasteiger partial charge in [0.1, 0.15) is 11.6 Å². The van der Waals surface area contributed by atoms with Gasteiger partial charge in [0.25, 0.3) is 0 Å². The SMILES string of the molecule is CC(=O)Nc1cc2ccc(-c3cncc(O)c3C)cc2cn1. The number of amides is 1. The van der Waals surface area contributed by atoms with E-state index in [4.69, 9.17) is 0 Å². The smallest absolute Gasteiger partial charge is 0.222 e. The highest BCUT2D eigenvalue weighted by atomic mass is 16.3. The number of benzene rings is 1. The zero-order chi connectivity index (χ0) is 15.7. The Balaban J connectivity index is 2.07. The number of carbonyl (C=O) groups is 1. The van der Waals surface area contributed by atoms with Gasteiger partial charge in [0.05, 0.1) is 6.20 Å². The fourth-order valence-corrected chi connectivity index (χ4v) is 2.36. The summed E-state index contributed by atoms with van der Waals surface area (Å²) < 4.78 is 0. The number of anilines is 1. The molecule has 0 aliphatic carbocycles. The molecule has 2 aromatic heterocycles. The molecule has 0 fully saturated rings. The lowest BCUT2D eigenvalue weighted by molar-refractivity contribution is -0.114. The summed E-state index contributed by atoms with van der Waals surface area (Å²) in [5, 5.41) is 14.4. The average molecular weight is 293 g/mol. The molecule has 22 heavy (non-hydrogen) atoms. The third-order valence-corrected chi connectivity index (χ3v) is 3.53. The Morgan fingerprint density at radius 3 is 2.73 bits per heavy atom. The number of nitrogens with zero attached hydrogens (tertiary/aromatic N) is 2. The van der Waals surface area contributed by atoms with Crippen LogP contribution in [0.3, 0.4) is 0 Å². The number of carbonyl (C=O) groups excluding carboxylic acids is 1. The summed E-state index contributed by atoms with van der Waals surface area (Å²) in [5.41, 5.74) is 2.63. The van der Waals surface area contributed by atoms with Crippen molar-refractivity contribution in [3.8, 4) is 16.9 Å². The van der Waals surface area contributed by atoms with Gasteiger partial charge in [0.2, 0.25) is 5.91 Å². The summed E-state index contributed by atoms with van der Waals surface area (Å²) in [6.07, 6.45) is 4.88. The molecule has 1 amide bonds. The molecule has 0 aliphatic rings. The number of hydrogen-bond donors (Lipinski definition) is 2. The van der Waals surface area contributed by atoms with E-state index < -0.39 is 0 Å². The number of aromatic hydroxyl groups is 1. The zero-order valence-corrected chi connectivity index (χ0v) is 12.3. The van der Waals surface area contributed by atoms with Crippen molar-refractivity contribution in [3.05, 3.63) is 48.4 Å². The van der Waals surface area contributed by atoms with Gasteiger partial charge in [-0.3, -0.25) is 9.78 Å². The lowest BCUT2D eigenvalue weighted by atomic mass is 10.00. The van der Waals surface area contributed by atoms with E-state index in [-0.39, 0.29) is 11.7 Å². The highest BCUT2D eigenvalue weighted by molar-refractivity contribution is 5.93. The molecule has 3 aromatic rings. The van der Waals surface area contributed by atoms with E-state index in [1.54, 1.807) is 12.4 Å². The fourth-order valence-electron chi connectivity index (χ4n) is 2.36. The van der Waals surface area contributed by atoms with E-state index in [0.29, 0.717) is 5.82 Å². The molecule has 0 atom stereocenters. The highest BCUT2D eigenvalue weighted by Gasteiger charge is 2.08. The minimum absolute atomic E-state index is 0.148. The van der Waals surface area contributed by atoms with E-state index in [9.17, 15) is 9.90 Å². The van der Waals surface area contributed by atoms with Crippen molar-refractivity contribution in [1.29, 1.82) is 0 Å². The van der Waals surface area contributed by atoms with Crippen LogP contribution in [0.1, 0.15) is 12.5 Å². The first kappa shape index (κ1) is 14.0. The summed E-state index contributed by atoms with van der Waals surface area (Å²) in [5.74, 6) is 0.560. The summed E-state index contributed by atoms with van der Waals surface area (Å²) in [6.45, 7) is 3.31. The molecule has 5 nitrogen and oxygen atoms in total. The second-order valence-electron chi connectivity index (χ2n) is 5.14. The summed E-state index contributed by atoms with van der Waals surface area (Å²) >= 11 is 0. The van der Waals surface area contributed by atoms with Crippen LogP contribution in [0.15, 0.2) is 42.9 Å². The van der Waals surface area contributed by atoms with Crippen LogP contribution in [0.25, 0.3) is 21.9 Å². The van der Waals surface area contributed by atoms with Gasteiger partial charge in [-0.15, -0.1) is 0 Å². The number of nitrogens with one attached hydrogen (secondary N) is 1. The monoisotopic (exact) mass is 293 g/mol. The first-order chi connectivity index (χ1) is 10.5. The topological polar surface area (TPSA) is 75.1 Å². The Labute approximate surface area is 127 Å². The van der Waals surface area contributed by atoms with Crippen molar-refractivity contribution in [2.75, 3.05) is 5.32 Å². The summed E-state index contributed by atoms with van der Waals surface area (Å²) in [4.78, 5) is 19.3. The number of pyridine rings is 2. The number of aromatic nitrogens is 2. The van der Waals surface area contributed by atoms with Crippen LogP contribution in [0.4, 0.5) is 5.82 Å². The van der Waals surface area contributed by atoms with Crippen LogP contribution in [-0.4, -0.2) is 21.0 Å². The third kappa shape index (κ3) is 2.61. The van der Waals surface area contributed by atoms with Crippen LogP contribution in [-0.2, 0) is 4.79 Å². The largest absolute Gasteiger partial charge is 0.506 e. The van der Waals surface area contributed by atoms with Gasteiger partial charge in [-0.25, -0.2) is 4.98 Å². The van der Waals surface area contributed by atoms with Gasteiger partial charge in [-0.2, -0.15) is 0 Å². The average Bonchev–Trinajstić information content (AvgIpc) is 2.49. The second-order valence-corrected chi connectivity index (χ2v) is 5.14. The van der Waals surface area contributed by atoms with E-state index in [0.717, 1.165) is 27.5 Å². The van der Waals surface area contributed by atoms with Crippen molar-refractivity contribution in [2.45, 2.75) is 13.8 Å². The maximum absolute atomic E-state index is 11.1. The maximum Gasteiger partial charge on any atom is 0.222 e. The van der Waals surface area contributed by atoms with Crippen molar-refractivity contribution in [1.82, 2.24) is 9.97 Å². The Bertz CT molecular complexity index is 875. The molecule has 0 saturated carbocycles. The molecule has 0 spiro atoms. The minimum Gasteiger partial charge on any atom is -0.506 e. The lowest BCUT2D eigenvalue weighted by Crippen LogP contribution is -2.06. The first-order valence-corrected chi connectivity index (χ1v) is 6.86. The molecule has 0 saturated heterocycles. The van der Waals surface area contributed by atoms with E-state index in [1.807, 2.05) is 31.2 Å². The number of hydrogen-bond acceptors (Lipinski definition) is 4. The van der Waals surface area contributed by atoms with Crippen LogP contribution in [0, 0.1) is 6.92 Å². The summed E-state index contributed by atoms with van der Waals surface area (Å²) in [6, 6.07) is 7.74. The summed E-state index contributed by atoms with van der Waals surface area (Å²) in [7, 11) is 0. The van der Waals surface area contributed by atoms with Gasteiger partial charge in [0.15, 0.2) is 0 Å². The van der Waals surface area contributed by atoms with E-state index >= 15 is 0 Å². The van der Waals surface area contributed by atoms with Gasteiger partial charge >= 0.3 is 0 Å². The Morgan fingerprint density at radius 2 is 1.95 bits per heavy atom. The fraction of sp³-hybridized carbons (Fsp3) is 0.118. The molecule has 0 bridgehead atoms. The highest BCUT2D eigenvalue weighted by Crippen LogP contribution is 2.30. The van der Waals surface area contributed by atoms with Crippen molar-refractivity contribution in [3.63, 3.8) is 0 Å². The van der Waals surface area contributed by atoms with Gasteiger partial charge < -0.3 is 10.4 Å². The molecule has 1 aromatic carbocycles. The van der Waals surface area contributed by atoms with Crippen LogP contribution >= 0.6 is 0 Å². The molecule has 3 rings (SSSR count). The van der Waals surface area contributed by atoms with Crippen molar-refractivity contribution in [2.24, 2.45) is 0 Å². The predicted molar refractivity (Wildman–Crippen MR) is 85.7 cm³/mol. The van der Waals surface area contributed by atoms with Gasteiger partial charge in [0, 0.05) is 35.8 Å². The number of fused-ring (bicyclic) bond motifs is 1. The van der Waals surface area contributed by atoms with Gasteiger partial charge in [-0.05, 0) is 30.0 Å². The molecule has 0 aliphatic heterocycles. The standard InChI is InChI=1S/C17H15N3O2/c1-10-15(8-18-9-16(10)22)13-4-3-12-6-17(20-11(2)21)19-7-14(12)5-13/h3-9,22H,1-2H3,(H,19,20,21). The van der Waals surface area contributed by atoms with Gasteiger partial charge in [-0.1, -0.05) is 12.1 Å². The first-order valence-electron chi connectivity index (χ1n) is 6.86. The Morgan fingerprint density at radius 1 is 1.14 bits per heavy atom. The van der Waals surface area contributed by atoms with Crippen LogP contribution in [0.2, 0.25) is 0 Å². The zero-order valence-electron chi connectivity index (χ0n) is 12.3. The molecule has 2 heterocycles. The van der Waals surface area contributed by atoms with E-state index in [2.05, 4.69) is 15.3 Å². The second kappa shape index (κ2) is 5.44. The van der Waals surface area contributed by atoms with Crippen molar-refractivity contribution >= 4 is 22.5 Å². The molecular formula is C17H15N3O2. The number of rotatable bonds is 2. The molecule has 2 N–H and O–H groups in total. The third-order valence-electron chi connectivity index (χ3n) is 3.53. The van der Waals surface area contributed by atoms with E-state index in [1.165, 1.54) is 13.1 Å². The predicted octanol–water partition coefficient (Wildman–Crippen LogP) is 3.27. The normalized spacial score (nSPS) is 10.6. The van der Waals surface area contributed by atoms with Crippen LogP contribution < -0.4 is 5.32 Å². The molecular weight excluding hydrogens is 278 g/mol. The minimum atomic E-state index is -0.148. The Hall–Kier alpha value is -2.95. The molecule has 0 unspecified atom stereocenters. The van der Waals surface area contributed by atoms with Crippen LogP contribution in [0.5, 0.6) is 5.75 Å². The lowest BCUT2D eigenvalue weighted by Gasteiger charge is -2.09. The maximum atomic E-state index is 11.1. The molecule has 5 heteroatoms. The Kier molecular flexibility index (Phi) is 3.47. The molecule has 110 valence electrons.